The standard InChI is InChI=1S/C47H83N3O8/c1-4-6-8-10-12-14-16-17-18-19-20-21-23-25-30-34-41(52)49(35-31-26-24-22-15-13-11-9-7-5-2)46-42(44(54)43(53)40(36-51)58-46)50(45(55)38(3)48)47(56)57-37-39-32-28-27-29-33-39/h27-29,32-33,38,40,42-44,46,51,53-54H,4-26,30-31,34-37,48H2,1-3H3/t38-,40-,42-,43-,44-,46-/m1/s1. The molecule has 11 nitrogen and oxygen atoms in total. The average Bonchev–Trinajstić information content (AvgIpc) is 3.22. The molecule has 0 saturated carbocycles. The molecule has 1 aromatic carbocycles. The summed E-state index contributed by atoms with van der Waals surface area (Å²) in [6.45, 7) is 5.36. The Labute approximate surface area is 351 Å². The molecule has 1 aliphatic rings. The highest BCUT2D eigenvalue weighted by molar-refractivity contribution is 5.95. The third-order valence-corrected chi connectivity index (χ3v) is 11.6. The minimum atomic E-state index is -1.75. The normalized spacial score (nSPS) is 19.8. The molecular formula is C47H83N3O8. The molecular weight excluding hydrogens is 735 g/mol. The van der Waals surface area contributed by atoms with Gasteiger partial charge in [0.15, 0.2) is 6.23 Å². The Morgan fingerprint density at radius 3 is 1.59 bits per heavy atom. The van der Waals surface area contributed by atoms with Gasteiger partial charge in [-0.3, -0.25) is 9.59 Å². The quantitative estimate of drug-likeness (QED) is 0.0507. The van der Waals surface area contributed by atoms with Crippen molar-refractivity contribution in [2.45, 2.75) is 231 Å². The molecule has 2 rings (SSSR count). The predicted molar refractivity (Wildman–Crippen MR) is 232 cm³/mol. The fraction of sp³-hybridized carbons (Fsp3) is 0.809. The second kappa shape index (κ2) is 32.2. The van der Waals surface area contributed by atoms with Crippen molar-refractivity contribution in [3.05, 3.63) is 35.9 Å². The maximum Gasteiger partial charge on any atom is 0.417 e. The topological polar surface area (TPSA) is 163 Å². The highest BCUT2D eigenvalue weighted by Crippen LogP contribution is 2.30. The number of imide groups is 1. The molecule has 0 radical (unpaired) electrons. The van der Waals surface area contributed by atoms with Crippen molar-refractivity contribution in [3.63, 3.8) is 0 Å². The lowest BCUT2D eigenvalue weighted by atomic mass is 9.93. The lowest BCUT2D eigenvalue weighted by Gasteiger charge is -2.49. The number of hydrogen-bond acceptors (Lipinski definition) is 9. The van der Waals surface area contributed by atoms with Gasteiger partial charge in [-0.2, -0.15) is 0 Å². The Morgan fingerprint density at radius 1 is 0.690 bits per heavy atom. The number of amides is 3. The van der Waals surface area contributed by atoms with E-state index in [1.807, 2.05) is 6.07 Å². The van der Waals surface area contributed by atoms with E-state index in [4.69, 9.17) is 15.2 Å². The number of carbonyl (C=O) groups is 3. The fourth-order valence-corrected chi connectivity index (χ4v) is 7.94. The summed E-state index contributed by atoms with van der Waals surface area (Å²) >= 11 is 0. The molecule has 0 spiro atoms. The molecule has 1 fully saturated rings. The number of aliphatic hydroxyl groups is 3. The number of hydrogen-bond donors (Lipinski definition) is 4. The van der Waals surface area contributed by atoms with Crippen molar-refractivity contribution < 1.29 is 39.2 Å². The highest BCUT2D eigenvalue weighted by Gasteiger charge is 2.53. The van der Waals surface area contributed by atoms with Crippen LogP contribution >= 0.6 is 0 Å². The van der Waals surface area contributed by atoms with Gasteiger partial charge in [0.1, 0.15) is 31.0 Å². The summed E-state index contributed by atoms with van der Waals surface area (Å²) in [6.07, 6.45) is 22.3. The monoisotopic (exact) mass is 818 g/mol. The van der Waals surface area contributed by atoms with Crippen LogP contribution in [0.15, 0.2) is 30.3 Å². The predicted octanol–water partition coefficient (Wildman–Crippen LogP) is 9.32. The summed E-state index contributed by atoms with van der Waals surface area (Å²) < 4.78 is 11.8. The number of aliphatic hydroxyl groups excluding tert-OH is 3. The third-order valence-electron chi connectivity index (χ3n) is 11.6. The van der Waals surface area contributed by atoms with Gasteiger partial charge in [0, 0.05) is 13.0 Å². The first-order valence-corrected chi connectivity index (χ1v) is 23.4. The van der Waals surface area contributed by atoms with Crippen LogP contribution in [0.1, 0.15) is 193 Å². The number of rotatable bonds is 33. The molecule has 58 heavy (non-hydrogen) atoms. The van der Waals surface area contributed by atoms with E-state index < -0.39 is 55.2 Å². The Hall–Kier alpha value is -2.57. The largest absolute Gasteiger partial charge is 0.444 e. The second-order valence-electron chi connectivity index (χ2n) is 16.7. The number of carbonyl (C=O) groups excluding carboxylic acids is 3. The molecule has 1 saturated heterocycles. The number of ether oxygens (including phenoxy) is 2. The molecule has 3 amide bonds. The smallest absolute Gasteiger partial charge is 0.417 e. The molecule has 0 aromatic heterocycles. The van der Waals surface area contributed by atoms with E-state index in [1.54, 1.807) is 24.3 Å². The molecule has 6 atom stereocenters. The van der Waals surface area contributed by atoms with Crippen LogP contribution in [0, 0.1) is 0 Å². The molecule has 1 heterocycles. The van der Waals surface area contributed by atoms with Crippen LogP contribution in [-0.4, -0.2) is 92.8 Å². The van der Waals surface area contributed by atoms with Crippen molar-refractivity contribution in [1.82, 2.24) is 9.80 Å². The number of unbranched alkanes of at least 4 members (excludes halogenated alkanes) is 23. The van der Waals surface area contributed by atoms with Crippen molar-refractivity contribution in [2.24, 2.45) is 5.73 Å². The van der Waals surface area contributed by atoms with Gasteiger partial charge in [-0.25, -0.2) is 9.69 Å². The minimum Gasteiger partial charge on any atom is -0.444 e. The van der Waals surface area contributed by atoms with Crippen molar-refractivity contribution in [2.75, 3.05) is 13.2 Å². The molecule has 11 heteroatoms. The average molecular weight is 818 g/mol. The molecule has 0 unspecified atom stereocenters. The Bertz CT molecular complexity index is 1200. The first kappa shape index (κ1) is 51.6. The maximum atomic E-state index is 14.2. The summed E-state index contributed by atoms with van der Waals surface area (Å²) in [6, 6.07) is 6.26. The van der Waals surface area contributed by atoms with Crippen LogP contribution in [0.2, 0.25) is 0 Å². The van der Waals surface area contributed by atoms with Gasteiger partial charge in [-0.1, -0.05) is 192 Å². The first-order chi connectivity index (χ1) is 28.2. The lowest BCUT2D eigenvalue weighted by molar-refractivity contribution is -0.244. The molecule has 1 aromatic rings. The van der Waals surface area contributed by atoms with Gasteiger partial charge in [-0.15, -0.1) is 0 Å². The van der Waals surface area contributed by atoms with Crippen LogP contribution < -0.4 is 5.73 Å². The number of nitrogens with zero attached hydrogens (tertiary/aromatic N) is 2. The van der Waals surface area contributed by atoms with E-state index in [0.29, 0.717) is 23.3 Å². The zero-order valence-electron chi connectivity index (χ0n) is 36.7. The summed E-state index contributed by atoms with van der Waals surface area (Å²) in [7, 11) is 0. The van der Waals surface area contributed by atoms with Crippen molar-refractivity contribution >= 4 is 17.9 Å². The molecule has 5 N–H and O–H groups in total. The van der Waals surface area contributed by atoms with Crippen LogP contribution in [0.4, 0.5) is 4.79 Å². The van der Waals surface area contributed by atoms with E-state index in [2.05, 4.69) is 13.8 Å². The van der Waals surface area contributed by atoms with Crippen molar-refractivity contribution in [3.8, 4) is 0 Å². The SMILES string of the molecule is CCCCCCCCCCCCCCCCCC(=O)N(CCCCCCCCCCCC)[C@@H]1O[C@H](CO)[C@@H](O)[C@H](O)[C@H]1N(C(=O)OCc1ccccc1)C(=O)[C@@H](C)N. The number of nitrogens with two attached hydrogens (primary N) is 1. The van der Waals surface area contributed by atoms with E-state index >= 15 is 0 Å². The van der Waals surface area contributed by atoms with Gasteiger partial charge in [-0.05, 0) is 25.3 Å². The highest BCUT2D eigenvalue weighted by atomic mass is 16.6. The van der Waals surface area contributed by atoms with Crippen LogP contribution in [0.5, 0.6) is 0 Å². The summed E-state index contributed by atoms with van der Waals surface area (Å²) in [5.41, 5.74) is 6.72. The summed E-state index contributed by atoms with van der Waals surface area (Å²) in [5, 5.41) is 32.9. The van der Waals surface area contributed by atoms with Crippen molar-refractivity contribution in [1.29, 1.82) is 0 Å². The van der Waals surface area contributed by atoms with Gasteiger partial charge in [0.25, 0.3) is 0 Å². The van der Waals surface area contributed by atoms with E-state index in [-0.39, 0.29) is 25.5 Å². The van der Waals surface area contributed by atoms with E-state index in [1.165, 1.54) is 121 Å². The minimum absolute atomic E-state index is 0.154. The van der Waals surface area contributed by atoms with E-state index in [0.717, 1.165) is 38.5 Å². The zero-order valence-corrected chi connectivity index (χ0v) is 36.7. The Morgan fingerprint density at radius 2 is 1.14 bits per heavy atom. The summed E-state index contributed by atoms with van der Waals surface area (Å²) in [5.74, 6) is -1.08. The lowest BCUT2D eigenvalue weighted by Crippen LogP contribution is -2.71. The van der Waals surface area contributed by atoms with E-state index in [9.17, 15) is 29.7 Å². The van der Waals surface area contributed by atoms with Crippen LogP contribution in [-0.2, 0) is 25.7 Å². The Balaban J connectivity index is 2.12. The van der Waals surface area contributed by atoms with Gasteiger partial charge in [0.2, 0.25) is 11.8 Å². The van der Waals surface area contributed by atoms with Gasteiger partial charge >= 0.3 is 6.09 Å². The third kappa shape index (κ3) is 20.1. The first-order valence-electron chi connectivity index (χ1n) is 23.4. The summed E-state index contributed by atoms with van der Waals surface area (Å²) in [4.78, 5) is 43.9. The fourth-order valence-electron chi connectivity index (χ4n) is 7.94. The van der Waals surface area contributed by atoms with Gasteiger partial charge in [0.05, 0.1) is 12.6 Å². The molecule has 334 valence electrons. The van der Waals surface area contributed by atoms with Crippen LogP contribution in [0.25, 0.3) is 0 Å². The zero-order chi connectivity index (χ0) is 42.4. The van der Waals surface area contributed by atoms with Gasteiger partial charge < -0.3 is 35.4 Å². The van der Waals surface area contributed by atoms with Crippen LogP contribution in [0.3, 0.4) is 0 Å². The second-order valence-corrected chi connectivity index (χ2v) is 16.7. The maximum absolute atomic E-state index is 14.2. The molecule has 1 aliphatic heterocycles. The Kier molecular flexibility index (Phi) is 28.7. The number of benzene rings is 1. The molecule has 0 bridgehead atoms. The molecule has 0 aliphatic carbocycles.